The Morgan fingerprint density at radius 1 is 1.50 bits per heavy atom. The Kier molecular flexibility index (Phi) is 2.60. The first-order chi connectivity index (χ1) is 6.79. The fraction of sp³-hybridized carbons (Fsp3) is 0.286. The van der Waals surface area contributed by atoms with Crippen LogP contribution >= 0.6 is 15.9 Å². The highest BCUT2D eigenvalue weighted by atomic mass is 79.9. The predicted molar refractivity (Wildman–Crippen MR) is 48.2 cm³/mol. The standard InChI is InChI=1S/C7H6BrN3O3/c1-12-3-4-2-5(11-14-4)6-9-10-7(8)13-6/h2H,3H2,1H3. The quantitative estimate of drug-likeness (QED) is 0.834. The van der Waals surface area contributed by atoms with Gasteiger partial charge in [0.15, 0.2) is 11.5 Å². The second-order valence-electron chi connectivity index (χ2n) is 2.47. The number of hydrogen-bond acceptors (Lipinski definition) is 6. The molecular formula is C7H6BrN3O3. The molecule has 0 unspecified atom stereocenters. The highest BCUT2D eigenvalue weighted by molar-refractivity contribution is 9.10. The lowest BCUT2D eigenvalue weighted by Gasteiger charge is -1.87. The van der Waals surface area contributed by atoms with Crippen molar-refractivity contribution in [3.8, 4) is 11.6 Å². The zero-order chi connectivity index (χ0) is 9.97. The molecule has 0 aliphatic carbocycles. The van der Waals surface area contributed by atoms with Crippen LogP contribution in [0.15, 0.2) is 19.8 Å². The molecular weight excluding hydrogens is 254 g/mol. The second kappa shape index (κ2) is 3.89. The SMILES string of the molecule is COCc1cc(-c2nnc(Br)o2)no1. The summed E-state index contributed by atoms with van der Waals surface area (Å²) in [4.78, 5) is 0.309. The molecule has 0 bridgehead atoms. The molecule has 0 spiro atoms. The van der Waals surface area contributed by atoms with E-state index < -0.39 is 0 Å². The number of halogens is 1. The van der Waals surface area contributed by atoms with Crippen molar-refractivity contribution in [2.75, 3.05) is 7.11 Å². The number of nitrogens with zero attached hydrogens (tertiary/aromatic N) is 3. The summed E-state index contributed by atoms with van der Waals surface area (Å²) in [5.74, 6) is 0.916. The number of methoxy groups -OCH3 is 1. The molecule has 2 heterocycles. The maximum Gasteiger partial charge on any atom is 0.285 e. The molecule has 0 saturated carbocycles. The highest BCUT2D eigenvalue weighted by Crippen LogP contribution is 2.19. The minimum absolute atomic E-state index is 0.308. The lowest BCUT2D eigenvalue weighted by Crippen LogP contribution is -1.81. The van der Waals surface area contributed by atoms with Crippen molar-refractivity contribution >= 4 is 15.9 Å². The average molecular weight is 260 g/mol. The van der Waals surface area contributed by atoms with Crippen molar-refractivity contribution in [2.45, 2.75) is 6.61 Å². The maximum atomic E-state index is 5.09. The summed E-state index contributed by atoms with van der Waals surface area (Å²) in [5.41, 5.74) is 0.496. The van der Waals surface area contributed by atoms with E-state index in [0.29, 0.717) is 28.8 Å². The van der Waals surface area contributed by atoms with Crippen molar-refractivity contribution in [1.29, 1.82) is 0 Å². The van der Waals surface area contributed by atoms with Crippen molar-refractivity contribution < 1.29 is 13.7 Å². The smallest absolute Gasteiger partial charge is 0.285 e. The van der Waals surface area contributed by atoms with Crippen molar-refractivity contribution in [1.82, 2.24) is 15.4 Å². The summed E-state index contributed by atoms with van der Waals surface area (Å²) < 4.78 is 14.9. The van der Waals surface area contributed by atoms with Crippen LogP contribution in [-0.2, 0) is 11.3 Å². The number of aromatic nitrogens is 3. The van der Waals surface area contributed by atoms with Crippen LogP contribution in [0.4, 0.5) is 0 Å². The van der Waals surface area contributed by atoms with E-state index in [1.54, 1.807) is 13.2 Å². The van der Waals surface area contributed by atoms with Gasteiger partial charge in [0.05, 0.1) is 0 Å². The molecule has 0 aliphatic heterocycles. The molecule has 6 nitrogen and oxygen atoms in total. The van der Waals surface area contributed by atoms with Gasteiger partial charge in [-0.2, -0.15) is 0 Å². The Morgan fingerprint density at radius 3 is 3.00 bits per heavy atom. The van der Waals surface area contributed by atoms with Gasteiger partial charge in [0, 0.05) is 29.1 Å². The Morgan fingerprint density at radius 2 is 2.36 bits per heavy atom. The molecule has 14 heavy (non-hydrogen) atoms. The van der Waals surface area contributed by atoms with Crippen LogP contribution in [0.5, 0.6) is 0 Å². The summed E-state index contributed by atoms with van der Waals surface area (Å²) >= 11 is 3.04. The molecule has 2 aromatic heterocycles. The Hall–Kier alpha value is -1.21. The second-order valence-corrected chi connectivity index (χ2v) is 3.15. The number of rotatable bonds is 3. The molecule has 0 aromatic carbocycles. The van der Waals surface area contributed by atoms with Crippen molar-refractivity contribution in [3.05, 3.63) is 16.6 Å². The van der Waals surface area contributed by atoms with Crippen LogP contribution in [0.25, 0.3) is 11.6 Å². The topological polar surface area (TPSA) is 74.2 Å². The molecule has 0 aliphatic rings. The van der Waals surface area contributed by atoms with Gasteiger partial charge in [-0.1, -0.05) is 5.16 Å². The van der Waals surface area contributed by atoms with Gasteiger partial charge in [0.25, 0.3) is 10.7 Å². The molecule has 0 N–H and O–H groups in total. The fourth-order valence-corrected chi connectivity index (χ4v) is 1.17. The van der Waals surface area contributed by atoms with E-state index in [-0.39, 0.29) is 0 Å². The minimum Gasteiger partial charge on any atom is -0.409 e. The summed E-state index contributed by atoms with van der Waals surface area (Å²) in [7, 11) is 1.57. The van der Waals surface area contributed by atoms with Crippen LogP contribution in [0.3, 0.4) is 0 Å². The first-order valence-electron chi connectivity index (χ1n) is 3.73. The van der Waals surface area contributed by atoms with E-state index >= 15 is 0 Å². The molecule has 2 rings (SSSR count). The number of ether oxygens (including phenoxy) is 1. The van der Waals surface area contributed by atoms with Gasteiger partial charge in [0.1, 0.15) is 6.61 Å². The van der Waals surface area contributed by atoms with Crippen LogP contribution in [0.1, 0.15) is 5.76 Å². The third-order valence-corrected chi connectivity index (χ3v) is 1.79. The Balaban J connectivity index is 2.24. The van der Waals surface area contributed by atoms with Gasteiger partial charge < -0.3 is 13.7 Å². The molecule has 0 amide bonds. The maximum absolute atomic E-state index is 5.09. The summed E-state index contributed by atoms with van der Waals surface area (Å²) in [6, 6.07) is 1.68. The molecule has 2 aromatic rings. The van der Waals surface area contributed by atoms with Gasteiger partial charge in [-0.25, -0.2) is 0 Å². The van der Waals surface area contributed by atoms with Crippen LogP contribution in [0, 0.1) is 0 Å². The lowest BCUT2D eigenvalue weighted by atomic mass is 10.4. The van der Waals surface area contributed by atoms with E-state index in [0.717, 1.165) is 0 Å². The molecule has 0 atom stereocenters. The van der Waals surface area contributed by atoms with E-state index in [1.165, 1.54) is 0 Å². The first-order valence-corrected chi connectivity index (χ1v) is 4.53. The first kappa shape index (κ1) is 9.35. The Labute approximate surface area is 87.4 Å². The van der Waals surface area contributed by atoms with Gasteiger partial charge in [-0.3, -0.25) is 0 Å². The van der Waals surface area contributed by atoms with E-state index in [1.807, 2.05) is 0 Å². The molecule has 0 fully saturated rings. The van der Waals surface area contributed by atoms with Crippen molar-refractivity contribution in [2.24, 2.45) is 0 Å². The van der Waals surface area contributed by atoms with Crippen LogP contribution in [0.2, 0.25) is 0 Å². The zero-order valence-electron chi connectivity index (χ0n) is 7.23. The number of hydrogen-bond donors (Lipinski definition) is 0. The zero-order valence-corrected chi connectivity index (χ0v) is 8.81. The molecule has 0 radical (unpaired) electrons. The van der Waals surface area contributed by atoms with Crippen LogP contribution < -0.4 is 0 Å². The predicted octanol–water partition coefficient (Wildman–Crippen LogP) is 1.63. The average Bonchev–Trinajstić information content (AvgIpc) is 2.74. The summed E-state index contributed by atoms with van der Waals surface area (Å²) in [6.45, 7) is 0.363. The van der Waals surface area contributed by atoms with Gasteiger partial charge in [-0.05, 0) is 0 Å². The normalized spacial score (nSPS) is 10.7. The van der Waals surface area contributed by atoms with E-state index in [2.05, 4.69) is 31.3 Å². The van der Waals surface area contributed by atoms with E-state index in [9.17, 15) is 0 Å². The van der Waals surface area contributed by atoms with E-state index in [4.69, 9.17) is 13.7 Å². The molecule has 7 heteroatoms. The monoisotopic (exact) mass is 259 g/mol. The minimum atomic E-state index is 0.308. The third-order valence-electron chi connectivity index (χ3n) is 1.47. The lowest BCUT2D eigenvalue weighted by molar-refractivity contribution is 0.156. The molecule has 0 saturated heterocycles. The largest absolute Gasteiger partial charge is 0.409 e. The van der Waals surface area contributed by atoms with Crippen LogP contribution in [-0.4, -0.2) is 22.5 Å². The molecule has 74 valence electrons. The van der Waals surface area contributed by atoms with Gasteiger partial charge >= 0.3 is 0 Å². The van der Waals surface area contributed by atoms with Crippen molar-refractivity contribution in [3.63, 3.8) is 0 Å². The third kappa shape index (κ3) is 1.83. The fourth-order valence-electron chi connectivity index (χ4n) is 0.933. The summed E-state index contributed by atoms with van der Waals surface area (Å²) in [5, 5.41) is 11.1. The van der Waals surface area contributed by atoms with Gasteiger partial charge in [0.2, 0.25) is 0 Å². The highest BCUT2D eigenvalue weighted by Gasteiger charge is 2.12. The Bertz CT molecular complexity index is 425. The summed E-state index contributed by atoms with van der Waals surface area (Å²) in [6.07, 6.45) is 0. The van der Waals surface area contributed by atoms with Gasteiger partial charge in [-0.15, -0.1) is 10.2 Å².